The van der Waals surface area contributed by atoms with Crippen LogP contribution in [0.5, 0.6) is 5.75 Å². The van der Waals surface area contributed by atoms with Crippen molar-refractivity contribution in [3.8, 4) is 5.75 Å². The van der Waals surface area contributed by atoms with E-state index >= 15 is 0 Å². The van der Waals surface area contributed by atoms with Gasteiger partial charge < -0.3 is 10.1 Å². The second-order valence-electron chi connectivity index (χ2n) is 8.26. The molecule has 0 saturated carbocycles. The van der Waals surface area contributed by atoms with Crippen LogP contribution in [0, 0.1) is 0 Å². The number of rotatable bonds is 6. The van der Waals surface area contributed by atoms with Gasteiger partial charge in [-0.15, -0.1) is 0 Å². The minimum absolute atomic E-state index is 0.0000293. The van der Waals surface area contributed by atoms with Gasteiger partial charge in [0.25, 0.3) is 15.9 Å². The average molecular weight is 517 g/mol. The van der Waals surface area contributed by atoms with Crippen molar-refractivity contribution in [2.45, 2.75) is 31.1 Å². The molecule has 0 aliphatic rings. The van der Waals surface area contributed by atoms with Gasteiger partial charge in [-0.05, 0) is 75.4 Å². The van der Waals surface area contributed by atoms with Crippen LogP contribution in [0.4, 0.5) is 11.4 Å². The maximum absolute atomic E-state index is 12.8. The molecule has 0 bridgehead atoms. The average Bonchev–Trinajstić information content (AvgIpc) is 2.73. The number of carbonyl (C=O) groups excluding carboxylic acids is 1. The van der Waals surface area contributed by atoms with Gasteiger partial charge in [0.15, 0.2) is 0 Å². The van der Waals surface area contributed by atoms with Gasteiger partial charge in [0.1, 0.15) is 5.75 Å². The van der Waals surface area contributed by atoms with E-state index in [1.54, 1.807) is 42.5 Å². The Bertz CT molecular complexity index is 1230. The molecule has 0 heterocycles. The molecule has 0 atom stereocenters. The van der Waals surface area contributed by atoms with Crippen molar-refractivity contribution in [3.05, 3.63) is 82.3 Å². The molecule has 3 aromatic rings. The topological polar surface area (TPSA) is 84.5 Å². The standard InChI is InChI=1S/C24H25BrN2O4S/c1-24(2,3)17-10-8-16(9-11-17)23(28)26-18-6-5-7-19(14-18)27-32(29,30)20-12-13-22(31-4)21(25)15-20/h5-15,27H,1-4H3,(H,26,28). The first-order valence-corrected chi connectivity index (χ1v) is 12.2. The molecular formula is C24H25BrN2O4S. The second kappa shape index (κ2) is 9.34. The zero-order chi connectivity index (χ0) is 23.5. The number of benzene rings is 3. The highest BCUT2D eigenvalue weighted by Crippen LogP contribution is 2.29. The van der Waals surface area contributed by atoms with Gasteiger partial charge in [-0.25, -0.2) is 8.42 Å². The third-order valence-corrected chi connectivity index (χ3v) is 6.82. The number of nitrogens with one attached hydrogen (secondary N) is 2. The fraction of sp³-hybridized carbons (Fsp3) is 0.208. The summed E-state index contributed by atoms with van der Waals surface area (Å²) < 4.78 is 33.7. The van der Waals surface area contributed by atoms with Crippen molar-refractivity contribution in [3.63, 3.8) is 0 Å². The summed E-state index contributed by atoms with van der Waals surface area (Å²) in [5.41, 5.74) is 2.46. The minimum atomic E-state index is -3.83. The van der Waals surface area contributed by atoms with Crippen molar-refractivity contribution in [2.24, 2.45) is 0 Å². The number of anilines is 2. The Balaban J connectivity index is 1.75. The van der Waals surface area contributed by atoms with Crippen LogP contribution in [-0.2, 0) is 15.4 Å². The smallest absolute Gasteiger partial charge is 0.261 e. The van der Waals surface area contributed by atoms with E-state index in [1.807, 2.05) is 12.1 Å². The predicted octanol–water partition coefficient (Wildman–Crippen LogP) is 5.81. The van der Waals surface area contributed by atoms with Crippen LogP contribution < -0.4 is 14.8 Å². The van der Waals surface area contributed by atoms with Crippen LogP contribution in [0.25, 0.3) is 0 Å². The molecule has 0 fully saturated rings. The predicted molar refractivity (Wildman–Crippen MR) is 131 cm³/mol. The zero-order valence-corrected chi connectivity index (χ0v) is 20.7. The lowest BCUT2D eigenvalue weighted by molar-refractivity contribution is 0.102. The van der Waals surface area contributed by atoms with Gasteiger partial charge in [-0.1, -0.05) is 39.0 Å². The van der Waals surface area contributed by atoms with Gasteiger partial charge in [0.2, 0.25) is 0 Å². The molecule has 0 saturated heterocycles. The van der Waals surface area contributed by atoms with E-state index in [2.05, 4.69) is 46.7 Å². The third-order valence-electron chi connectivity index (χ3n) is 4.82. The van der Waals surface area contributed by atoms with E-state index in [9.17, 15) is 13.2 Å². The third kappa shape index (κ3) is 5.69. The molecule has 2 N–H and O–H groups in total. The quantitative estimate of drug-likeness (QED) is 0.432. The van der Waals surface area contributed by atoms with Crippen LogP contribution >= 0.6 is 15.9 Å². The lowest BCUT2D eigenvalue weighted by Crippen LogP contribution is -2.15. The Morgan fingerprint density at radius 3 is 2.19 bits per heavy atom. The SMILES string of the molecule is COc1ccc(S(=O)(=O)Nc2cccc(NC(=O)c3ccc(C(C)(C)C)cc3)c2)cc1Br. The molecule has 0 aliphatic heterocycles. The Morgan fingerprint density at radius 1 is 0.938 bits per heavy atom. The molecule has 0 spiro atoms. The van der Waals surface area contributed by atoms with Gasteiger partial charge in [-0.3, -0.25) is 9.52 Å². The summed E-state index contributed by atoms with van der Waals surface area (Å²) in [4.78, 5) is 12.7. The van der Waals surface area contributed by atoms with E-state index < -0.39 is 10.0 Å². The summed E-state index contributed by atoms with van der Waals surface area (Å²) in [5, 5.41) is 2.81. The number of amides is 1. The Morgan fingerprint density at radius 2 is 1.59 bits per heavy atom. The van der Waals surface area contributed by atoms with Crippen molar-refractivity contribution >= 4 is 43.2 Å². The van der Waals surface area contributed by atoms with Gasteiger partial charge in [0, 0.05) is 11.3 Å². The molecule has 3 aromatic carbocycles. The number of methoxy groups -OCH3 is 1. The van der Waals surface area contributed by atoms with E-state index in [-0.39, 0.29) is 16.2 Å². The molecule has 0 aromatic heterocycles. The summed E-state index contributed by atoms with van der Waals surface area (Å²) in [6.07, 6.45) is 0. The Labute approximate surface area is 197 Å². The molecule has 3 rings (SSSR count). The lowest BCUT2D eigenvalue weighted by atomic mass is 9.87. The first-order valence-electron chi connectivity index (χ1n) is 9.88. The molecular weight excluding hydrogens is 492 g/mol. The van der Waals surface area contributed by atoms with Crippen molar-refractivity contribution in [1.29, 1.82) is 0 Å². The number of halogens is 1. The number of hydrogen-bond acceptors (Lipinski definition) is 4. The van der Waals surface area contributed by atoms with Crippen molar-refractivity contribution in [1.82, 2.24) is 0 Å². The summed E-state index contributed by atoms with van der Waals surface area (Å²) in [6.45, 7) is 6.33. The van der Waals surface area contributed by atoms with Crippen LogP contribution in [-0.4, -0.2) is 21.4 Å². The van der Waals surface area contributed by atoms with E-state index in [4.69, 9.17) is 4.74 Å². The van der Waals surface area contributed by atoms with E-state index in [0.29, 0.717) is 27.2 Å². The Hall–Kier alpha value is -2.84. The number of carbonyl (C=O) groups is 1. The molecule has 8 heteroatoms. The van der Waals surface area contributed by atoms with Gasteiger partial charge in [-0.2, -0.15) is 0 Å². The molecule has 0 unspecified atom stereocenters. The highest BCUT2D eigenvalue weighted by molar-refractivity contribution is 9.10. The summed E-state index contributed by atoms with van der Waals surface area (Å²) >= 11 is 3.30. The number of ether oxygens (including phenoxy) is 1. The van der Waals surface area contributed by atoms with Crippen LogP contribution in [0.15, 0.2) is 76.1 Å². The maximum atomic E-state index is 12.8. The molecule has 1 amide bonds. The van der Waals surface area contributed by atoms with Crippen LogP contribution in [0.2, 0.25) is 0 Å². The molecule has 32 heavy (non-hydrogen) atoms. The number of hydrogen-bond donors (Lipinski definition) is 2. The fourth-order valence-corrected chi connectivity index (χ4v) is 4.78. The van der Waals surface area contributed by atoms with E-state index in [1.165, 1.54) is 19.2 Å². The summed E-state index contributed by atoms with van der Waals surface area (Å²) in [5.74, 6) is 0.258. The highest BCUT2D eigenvalue weighted by Gasteiger charge is 2.17. The van der Waals surface area contributed by atoms with Gasteiger partial charge in [0.05, 0.1) is 22.2 Å². The normalized spacial score (nSPS) is 11.7. The molecule has 0 radical (unpaired) electrons. The van der Waals surface area contributed by atoms with Crippen LogP contribution in [0.1, 0.15) is 36.7 Å². The van der Waals surface area contributed by atoms with Crippen molar-refractivity contribution < 1.29 is 17.9 Å². The first kappa shape index (κ1) is 23.8. The van der Waals surface area contributed by atoms with Crippen LogP contribution in [0.3, 0.4) is 0 Å². The first-order chi connectivity index (χ1) is 15.0. The van der Waals surface area contributed by atoms with Gasteiger partial charge >= 0.3 is 0 Å². The summed E-state index contributed by atoms with van der Waals surface area (Å²) in [7, 11) is -2.32. The second-order valence-corrected chi connectivity index (χ2v) is 10.8. The summed E-state index contributed by atoms with van der Waals surface area (Å²) in [6, 6.07) is 18.5. The lowest BCUT2D eigenvalue weighted by Gasteiger charge is -2.19. The monoisotopic (exact) mass is 516 g/mol. The van der Waals surface area contributed by atoms with Crippen molar-refractivity contribution in [2.75, 3.05) is 17.1 Å². The zero-order valence-electron chi connectivity index (χ0n) is 18.3. The number of sulfonamides is 1. The fourth-order valence-electron chi connectivity index (χ4n) is 3.01. The molecule has 6 nitrogen and oxygen atoms in total. The Kier molecular flexibility index (Phi) is 6.95. The maximum Gasteiger partial charge on any atom is 0.261 e. The molecule has 168 valence electrons. The minimum Gasteiger partial charge on any atom is -0.496 e. The van der Waals surface area contributed by atoms with E-state index in [0.717, 1.165) is 5.56 Å². The highest BCUT2D eigenvalue weighted by atomic mass is 79.9. The molecule has 0 aliphatic carbocycles. The largest absolute Gasteiger partial charge is 0.496 e.